The van der Waals surface area contributed by atoms with Crippen LogP contribution in [0.3, 0.4) is 0 Å². The van der Waals surface area contributed by atoms with Gasteiger partial charge in [-0.2, -0.15) is 0 Å². The molecular formula is C11H14BrN5O5. The SMILES string of the molecule is [N-]=[N+]=N[C@@H](CBr)c1cn([C@H]2C[C@H](O)[C@@H](CO)O2)c(=O)[nH]c1=O. The molecule has 10 nitrogen and oxygen atoms in total. The van der Waals surface area contributed by atoms with Crippen LogP contribution in [0.5, 0.6) is 0 Å². The summed E-state index contributed by atoms with van der Waals surface area (Å²) in [6.07, 6.45) is -1.19. The summed E-state index contributed by atoms with van der Waals surface area (Å²) in [7, 11) is 0. The monoisotopic (exact) mass is 375 g/mol. The molecule has 1 fully saturated rings. The fraction of sp³-hybridized carbons (Fsp3) is 0.636. The van der Waals surface area contributed by atoms with E-state index in [1.807, 2.05) is 0 Å². The highest BCUT2D eigenvalue weighted by molar-refractivity contribution is 9.09. The maximum Gasteiger partial charge on any atom is 0.330 e. The van der Waals surface area contributed by atoms with Crippen molar-refractivity contribution in [3.63, 3.8) is 0 Å². The number of hydrogen-bond acceptors (Lipinski definition) is 6. The summed E-state index contributed by atoms with van der Waals surface area (Å²) in [5.41, 5.74) is 7.26. The molecular weight excluding hydrogens is 362 g/mol. The molecule has 1 saturated heterocycles. The minimum atomic E-state index is -0.915. The predicted molar refractivity (Wildman–Crippen MR) is 78.6 cm³/mol. The van der Waals surface area contributed by atoms with Crippen molar-refractivity contribution in [2.24, 2.45) is 5.11 Å². The van der Waals surface area contributed by atoms with Crippen LogP contribution in [-0.4, -0.2) is 43.9 Å². The van der Waals surface area contributed by atoms with Crippen LogP contribution in [0.2, 0.25) is 0 Å². The van der Waals surface area contributed by atoms with Gasteiger partial charge in [-0.15, -0.1) is 0 Å². The van der Waals surface area contributed by atoms with Gasteiger partial charge in [0.2, 0.25) is 0 Å². The Hall–Kier alpha value is -1.65. The Kier molecular flexibility index (Phi) is 5.37. The summed E-state index contributed by atoms with van der Waals surface area (Å²) in [6, 6.07) is -0.791. The van der Waals surface area contributed by atoms with Gasteiger partial charge in [-0.05, 0) is 5.53 Å². The van der Waals surface area contributed by atoms with Crippen LogP contribution < -0.4 is 11.2 Å². The van der Waals surface area contributed by atoms with Crippen molar-refractivity contribution in [2.75, 3.05) is 11.9 Å². The van der Waals surface area contributed by atoms with Gasteiger partial charge >= 0.3 is 5.69 Å². The number of aliphatic hydroxyl groups excluding tert-OH is 2. The van der Waals surface area contributed by atoms with Crippen molar-refractivity contribution < 1.29 is 14.9 Å². The zero-order chi connectivity index (χ0) is 16.3. The number of H-pyrrole nitrogens is 1. The number of azide groups is 1. The number of alkyl halides is 1. The molecule has 1 aromatic rings. The standard InChI is InChI=1S/C11H14BrN5O5/c12-2-6(15-16-13)5-3-17(11(21)14-10(5)20)9-1-7(19)8(4-18)22-9/h3,6-9,18-19H,1-2,4H2,(H,14,20,21)/t6-,7-,8+,9+/m0/s1. The van der Waals surface area contributed by atoms with E-state index >= 15 is 0 Å². The zero-order valence-electron chi connectivity index (χ0n) is 11.3. The Morgan fingerprint density at radius 2 is 2.36 bits per heavy atom. The van der Waals surface area contributed by atoms with Gasteiger partial charge in [0.15, 0.2) is 0 Å². The molecule has 0 unspecified atom stereocenters. The Labute approximate surface area is 132 Å². The molecule has 2 rings (SSSR count). The summed E-state index contributed by atoms with van der Waals surface area (Å²) in [4.78, 5) is 28.6. The third kappa shape index (κ3) is 3.23. The van der Waals surface area contributed by atoms with Crippen molar-refractivity contribution in [3.05, 3.63) is 43.0 Å². The number of halogens is 1. The molecule has 0 amide bonds. The molecule has 0 spiro atoms. The topological polar surface area (TPSA) is 153 Å². The van der Waals surface area contributed by atoms with Crippen LogP contribution in [0.1, 0.15) is 24.3 Å². The van der Waals surface area contributed by atoms with Gasteiger partial charge in [0.05, 0.1) is 18.8 Å². The number of aromatic nitrogens is 2. The molecule has 11 heteroatoms. The van der Waals surface area contributed by atoms with Crippen LogP contribution in [0, 0.1) is 0 Å². The van der Waals surface area contributed by atoms with E-state index in [-0.39, 0.29) is 23.9 Å². The number of rotatable bonds is 5. The number of ether oxygens (including phenoxy) is 1. The van der Waals surface area contributed by atoms with Gasteiger partial charge in [-0.3, -0.25) is 14.3 Å². The predicted octanol–water partition coefficient (Wildman–Crippen LogP) is -0.0764. The lowest BCUT2D eigenvalue weighted by Gasteiger charge is -2.16. The van der Waals surface area contributed by atoms with E-state index in [0.717, 1.165) is 4.57 Å². The minimum Gasteiger partial charge on any atom is -0.394 e. The second-order valence-electron chi connectivity index (χ2n) is 4.74. The summed E-state index contributed by atoms with van der Waals surface area (Å²) in [5.74, 6) is 0. The van der Waals surface area contributed by atoms with E-state index in [2.05, 4.69) is 30.9 Å². The van der Waals surface area contributed by atoms with Gasteiger partial charge in [0, 0.05) is 28.4 Å². The number of aromatic amines is 1. The van der Waals surface area contributed by atoms with Crippen molar-refractivity contribution in [1.29, 1.82) is 0 Å². The molecule has 4 atom stereocenters. The molecule has 0 saturated carbocycles. The van der Waals surface area contributed by atoms with Crippen molar-refractivity contribution in [2.45, 2.75) is 30.9 Å². The Morgan fingerprint density at radius 3 is 2.91 bits per heavy atom. The van der Waals surface area contributed by atoms with Crippen LogP contribution in [-0.2, 0) is 4.74 Å². The molecule has 3 N–H and O–H groups in total. The summed E-state index contributed by atoms with van der Waals surface area (Å²) < 4.78 is 6.49. The third-order valence-corrected chi connectivity index (χ3v) is 4.00. The lowest BCUT2D eigenvalue weighted by atomic mass is 10.1. The van der Waals surface area contributed by atoms with Crippen molar-refractivity contribution in [3.8, 4) is 0 Å². The highest BCUT2D eigenvalue weighted by Crippen LogP contribution is 2.28. The minimum absolute atomic E-state index is 0.0944. The first-order valence-electron chi connectivity index (χ1n) is 6.41. The lowest BCUT2D eigenvalue weighted by molar-refractivity contribution is -0.0460. The van der Waals surface area contributed by atoms with Crippen LogP contribution in [0.4, 0.5) is 0 Å². The number of nitrogens with one attached hydrogen (secondary N) is 1. The summed E-state index contributed by atoms with van der Waals surface area (Å²) in [5, 5.41) is 22.5. The Balaban J connectivity index is 2.43. The van der Waals surface area contributed by atoms with E-state index in [4.69, 9.17) is 15.4 Å². The molecule has 120 valence electrons. The van der Waals surface area contributed by atoms with Crippen LogP contribution in [0.15, 0.2) is 20.9 Å². The third-order valence-electron chi connectivity index (χ3n) is 3.39. The van der Waals surface area contributed by atoms with E-state index in [9.17, 15) is 14.7 Å². The van der Waals surface area contributed by atoms with Gasteiger partial charge in [0.1, 0.15) is 12.3 Å². The first-order chi connectivity index (χ1) is 10.5. The molecule has 0 aliphatic carbocycles. The molecule has 1 aromatic heterocycles. The molecule has 1 aliphatic rings. The Morgan fingerprint density at radius 1 is 1.64 bits per heavy atom. The van der Waals surface area contributed by atoms with Crippen LogP contribution in [0.25, 0.3) is 10.4 Å². The molecule has 0 bridgehead atoms. The van der Waals surface area contributed by atoms with Gasteiger partial charge in [0.25, 0.3) is 5.56 Å². The van der Waals surface area contributed by atoms with E-state index < -0.39 is 35.7 Å². The first-order valence-corrected chi connectivity index (χ1v) is 7.53. The summed E-state index contributed by atoms with van der Waals surface area (Å²) in [6.45, 7) is -0.384. The molecule has 2 heterocycles. The fourth-order valence-corrected chi connectivity index (χ4v) is 2.72. The quantitative estimate of drug-likeness (QED) is 0.284. The first kappa shape index (κ1) is 16.7. The van der Waals surface area contributed by atoms with E-state index in [1.54, 1.807) is 0 Å². The zero-order valence-corrected chi connectivity index (χ0v) is 12.9. The van der Waals surface area contributed by atoms with Crippen molar-refractivity contribution >= 4 is 15.9 Å². The molecule has 1 aliphatic heterocycles. The van der Waals surface area contributed by atoms with Gasteiger partial charge in [-0.25, -0.2) is 4.79 Å². The Bertz CT molecular complexity index is 697. The molecule has 0 radical (unpaired) electrons. The second-order valence-corrected chi connectivity index (χ2v) is 5.39. The van der Waals surface area contributed by atoms with Crippen molar-refractivity contribution in [1.82, 2.24) is 9.55 Å². The summed E-state index contributed by atoms with van der Waals surface area (Å²) >= 11 is 3.14. The molecule has 0 aromatic carbocycles. The maximum absolute atomic E-state index is 11.9. The van der Waals surface area contributed by atoms with E-state index in [1.165, 1.54) is 6.20 Å². The number of nitrogens with zero attached hydrogens (tertiary/aromatic N) is 4. The average molecular weight is 376 g/mol. The number of hydrogen-bond donors (Lipinski definition) is 3. The normalized spacial score (nSPS) is 25.7. The largest absolute Gasteiger partial charge is 0.394 e. The van der Waals surface area contributed by atoms with Gasteiger partial charge in [-0.1, -0.05) is 21.0 Å². The maximum atomic E-state index is 11.9. The lowest BCUT2D eigenvalue weighted by Crippen LogP contribution is -2.35. The fourth-order valence-electron chi connectivity index (χ4n) is 2.24. The van der Waals surface area contributed by atoms with E-state index in [0.29, 0.717) is 0 Å². The van der Waals surface area contributed by atoms with Crippen LogP contribution >= 0.6 is 15.9 Å². The molecule has 22 heavy (non-hydrogen) atoms. The highest BCUT2D eigenvalue weighted by atomic mass is 79.9. The smallest absolute Gasteiger partial charge is 0.330 e. The second kappa shape index (κ2) is 7.07. The average Bonchev–Trinajstić information content (AvgIpc) is 2.86. The number of aliphatic hydroxyl groups is 2. The van der Waals surface area contributed by atoms with Gasteiger partial charge < -0.3 is 14.9 Å². The highest BCUT2D eigenvalue weighted by Gasteiger charge is 2.35.